The van der Waals surface area contributed by atoms with E-state index >= 15 is 0 Å². The van der Waals surface area contributed by atoms with Gasteiger partial charge in [-0.2, -0.15) is 0 Å². The van der Waals surface area contributed by atoms with E-state index in [-0.39, 0.29) is 30.5 Å². The van der Waals surface area contributed by atoms with Crippen LogP contribution in [0.2, 0.25) is 5.02 Å². The lowest BCUT2D eigenvalue weighted by atomic mass is 10.2. The van der Waals surface area contributed by atoms with Gasteiger partial charge in [-0.1, -0.05) is 17.7 Å². The maximum atomic E-state index is 12.2. The zero-order valence-corrected chi connectivity index (χ0v) is 13.7. The van der Waals surface area contributed by atoms with E-state index in [2.05, 4.69) is 0 Å². The van der Waals surface area contributed by atoms with Crippen LogP contribution in [0.25, 0.3) is 0 Å². The molecule has 0 saturated carbocycles. The van der Waals surface area contributed by atoms with Crippen LogP contribution in [-0.4, -0.2) is 56.8 Å². The molecule has 1 aliphatic rings. The lowest BCUT2D eigenvalue weighted by Crippen LogP contribution is -2.52. The zero-order chi connectivity index (χ0) is 16.3. The molecule has 6 nitrogen and oxygen atoms in total. The van der Waals surface area contributed by atoms with Gasteiger partial charge in [0.25, 0.3) is 0 Å². The molecule has 2 amide bonds. The molecule has 0 aliphatic carbocycles. The van der Waals surface area contributed by atoms with Gasteiger partial charge >= 0.3 is 0 Å². The maximum Gasteiger partial charge on any atom is 0.246 e. The van der Waals surface area contributed by atoms with Gasteiger partial charge in [-0.05, 0) is 18.2 Å². The fourth-order valence-electron chi connectivity index (χ4n) is 2.23. The third-order valence-electron chi connectivity index (χ3n) is 3.38. The van der Waals surface area contributed by atoms with E-state index in [9.17, 15) is 18.0 Å². The van der Waals surface area contributed by atoms with Gasteiger partial charge < -0.3 is 9.80 Å². The van der Waals surface area contributed by atoms with Crippen molar-refractivity contribution in [3.8, 4) is 0 Å². The van der Waals surface area contributed by atoms with E-state index in [1.165, 1.54) is 4.90 Å². The SMILES string of the molecule is CS(=O)(=O)CCC(=O)N1CCN(c2cccc(Cl)c2)C(=O)C1. The molecule has 1 saturated heterocycles. The lowest BCUT2D eigenvalue weighted by molar-refractivity contribution is -0.136. The van der Waals surface area contributed by atoms with Crippen LogP contribution in [0.5, 0.6) is 0 Å². The summed E-state index contributed by atoms with van der Waals surface area (Å²) in [5, 5.41) is 0.539. The molecule has 0 aromatic heterocycles. The first kappa shape index (κ1) is 16.8. The summed E-state index contributed by atoms with van der Waals surface area (Å²) >= 11 is 5.92. The Morgan fingerprint density at radius 3 is 2.64 bits per heavy atom. The van der Waals surface area contributed by atoms with E-state index in [0.29, 0.717) is 23.8 Å². The van der Waals surface area contributed by atoms with E-state index in [4.69, 9.17) is 11.6 Å². The molecule has 2 rings (SSSR count). The Balaban J connectivity index is 1.98. The highest BCUT2D eigenvalue weighted by molar-refractivity contribution is 7.90. The van der Waals surface area contributed by atoms with Crippen molar-refractivity contribution in [2.24, 2.45) is 0 Å². The molecule has 120 valence electrons. The van der Waals surface area contributed by atoms with Crippen LogP contribution in [0, 0.1) is 0 Å². The van der Waals surface area contributed by atoms with Crippen molar-refractivity contribution in [2.45, 2.75) is 6.42 Å². The number of anilines is 1. The quantitative estimate of drug-likeness (QED) is 0.815. The van der Waals surface area contributed by atoms with Crippen LogP contribution in [-0.2, 0) is 19.4 Å². The van der Waals surface area contributed by atoms with Gasteiger partial charge in [0, 0.05) is 36.5 Å². The normalized spacial score (nSPS) is 16.0. The van der Waals surface area contributed by atoms with Crippen molar-refractivity contribution < 1.29 is 18.0 Å². The maximum absolute atomic E-state index is 12.2. The average molecular weight is 345 g/mol. The van der Waals surface area contributed by atoms with Crippen LogP contribution in [0.1, 0.15) is 6.42 Å². The number of halogens is 1. The van der Waals surface area contributed by atoms with Crippen LogP contribution in [0.3, 0.4) is 0 Å². The van der Waals surface area contributed by atoms with Gasteiger partial charge in [-0.3, -0.25) is 9.59 Å². The molecule has 0 N–H and O–H groups in total. The average Bonchev–Trinajstić information content (AvgIpc) is 2.43. The van der Waals surface area contributed by atoms with Crippen LogP contribution in [0.4, 0.5) is 5.69 Å². The third-order valence-corrected chi connectivity index (χ3v) is 4.56. The smallest absolute Gasteiger partial charge is 0.246 e. The summed E-state index contributed by atoms with van der Waals surface area (Å²) in [7, 11) is -3.19. The number of rotatable bonds is 4. The number of benzene rings is 1. The number of piperazine rings is 1. The molecule has 0 radical (unpaired) electrons. The largest absolute Gasteiger partial charge is 0.332 e. The summed E-state index contributed by atoms with van der Waals surface area (Å²) < 4.78 is 22.2. The van der Waals surface area contributed by atoms with Crippen molar-refractivity contribution in [2.75, 3.05) is 36.5 Å². The molecule has 0 atom stereocenters. The third kappa shape index (κ3) is 4.45. The van der Waals surface area contributed by atoms with Gasteiger partial charge in [-0.15, -0.1) is 0 Å². The second-order valence-electron chi connectivity index (χ2n) is 5.22. The van der Waals surface area contributed by atoms with Crippen LogP contribution in [0.15, 0.2) is 24.3 Å². The molecule has 8 heteroatoms. The van der Waals surface area contributed by atoms with Gasteiger partial charge in [0.15, 0.2) is 0 Å². The fraction of sp³-hybridized carbons (Fsp3) is 0.429. The minimum absolute atomic E-state index is 0.0465. The van der Waals surface area contributed by atoms with Gasteiger partial charge in [0.2, 0.25) is 11.8 Å². The number of amides is 2. The molecule has 0 spiro atoms. The Morgan fingerprint density at radius 2 is 2.05 bits per heavy atom. The van der Waals surface area contributed by atoms with Crippen molar-refractivity contribution in [1.82, 2.24) is 4.90 Å². The molecular formula is C14H17ClN2O4S. The first-order valence-electron chi connectivity index (χ1n) is 6.78. The molecule has 1 fully saturated rings. The number of carbonyl (C=O) groups is 2. The molecule has 0 unspecified atom stereocenters. The molecule has 0 bridgehead atoms. The molecule has 1 aromatic carbocycles. The van der Waals surface area contributed by atoms with E-state index in [1.54, 1.807) is 29.2 Å². The van der Waals surface area contributed by atoms with Crippen LogP contribution >= 0.6 is 11.6 Å². The summed E-state index contributed by atoms with van der Waals surface area (Å²) in [6, 6.07) is 6.96. The predicted octanol–water partition coefficient (Wildman–Crippen LogP) is 0.950. The Labute approximate surface area is 134 Å². The fourth-order valence-corrected chi connectivity index (χ4v) is 2.96. The molecule has 22 heavy (non-hydrogen) atoms. The first-order chi connectivity index (χ1) is 10.3. The second-order valence-corrected chi connectivity index (χ2v) is 7.92. The van der Waals surface area contributed by atoms with Gasteiger partial charge in [-0.25, -0.2) is 8.42 Å². The summed E-state index contributed by atoms with van der Waals surface area (Å²) in [6.07, 6.45) is 0.992. The first-order valence-corrected chi connectivity index (χ1v) is 9.21. The van der Waals surface area contributed by atoms with E-state index in [1.807, 2.05) is 0 Å². The topological polar surface area (TPSA) is 74.8 Å². The molecule has 1 heterocycles. The number of hydrogen-bond donors (Lipinski definition) is 0. The van der Waals surface area contributed by atoms with E-state index in [0.717, 1.165) is 6.26 Å². The zero-order valence-electron chi connectivity index (χ0n) is 12.2. The van der Waals surface area contributed by atoms with Crippen LogP contribution < -0.4 is 4.90 Å². The van der Waals surface area contributed by atoms with Crippen molar-refractivity contribution >= 4 is 38.9 Å². The standard InChI is InChI=1S/C14H17ClN2O4S/c1-22(20,21)8-5-13(18)16-6-7-17(14(19)10-16)12-4-2-3-11(15)9-12/h2-4,9H,5-8,10H2,1H3. The van der Waals surface area contributed by atoms with E-state index < -0.39 is 9.84 Å². The summed E-state index contributed by atoms with van der Waals surface area (Å²) in [4.78, 5) is 27.1. The highest BCUT2D eigenvalue weighted by Crippen LogP contribution is 2.21. The Hall–Kier alpha value is -1.60. The molecule has 1 aromatic rings. The number of nitrogens with zero attached hydrogens (tertiary/aromatic N) is 2. The highest BCUT2D eigenvalue weighted by Gasteiger charge is 2.28. The number of sulfone groups is 1. The number of carbonyl (C=O) groups excluding carboxylic acids is 2. The number of hydrogen-bond acceptors (Lipinski definition) is 4. The Bertz CT molecular complexity index is 690. The summed E-state index contributed by atoms with van der Waals surface area (Å²) in [5.74, 6) is -0.722. The molecular weight excluding hydrogens is 328 g/mol. The minimum Gasteiger partial charge on any atom is -0.332 e. The Morgan fingerprint density at radius 1 is 1.32 bits per heavy atom. The molecule has 1 aliphatic heterocycles. The minimum atomic E-state index is -3.19. The lowest BCUT2D eigenvalue weighted by Gasteiger charge is -2.34. The monoisotopic (exact) mass is 344 g/mol. The summed E-state index contributed by atoms with van der Waals surface area (Å²) in [6.45, 7) is 0.694. The predicted molar refractivity (Wildman–Crippen MR) is 84.7 cm³/mol. The van der Waals surface area contributed by atoms with Gasteiger partial charge in [0.1, 0.15) is 16.4 Å². The summed E-state index contributed by atoms with van der Waals surface area (Å²) in [5.41, 5.74) is 0.695. The second kappa shape index (κ2) is 6.66. The van der Waals surface area contributed by atoms with Crippen molar-refractivity contribution in [3.63, 3.8) is 0 Å². The highest BCUT2D eigenvalue weighted by atomic mass is 35.5. The van der Waals surface area contributed by atoms with Gasteiger partial charge in [0.05, 0.1) is 5.75 Å². The van der Waals surface area contributed by atoms with Crippen molar-refractivity contribution in [1.29, 1.82) is 0 Å². The van der Waals surface area contributed by atoms with Crippen molar-refractivity contribution in [3.05, 3.63) is 29.3 Å². The Kier molecular flexibility index (Phi) is 5.08.